The fourth-order valence-corrected chi connectivity index (χ4v) is 2.07. The van der Waals surface area contributed by atoms with Crippen LogP contribution in [0.2, 0.25) is 0 Å². The molecular weight excluding hydrogens is 238 g/mol. The summed E-state index contributed by atoms with van der Waals surface area (Å²) in [6, 6.07) is 8.80. The van der Waals surface area contributed by atoms with Crippen molar-refractivity contribution in [3.63, 3.8) is 0 Å². The van der Waals surface area contributed by atoms with Gasteiger partial charge in [0.25, 0.3) is 0 Å². The highest BCUT2D eigenvalue weighted by atomic mass is 16.5. The lowest BCUT2D eigenvalue weighted by molar-refractivity contribution is 0.414. The van der Waals surface area contributed by atoms with Crippen molar-refractivity contribution in [2.75, 3.05) is 20.7 Å². The second kappa shape index (κ2) is 6.45. The van der Waals surface area contributed by atoms with Crippen LogP contribution in [0.3, 0.4) is 0 Å². The summed E-state index contributed by atoms with van der Waals surface area (Å²) in [5.74, 6) is 1.59. The first kappa shape index (κ1) is 13.7. The first-order valence-corrected chi connectivity index (χ1v) is 6.86. The van der Waals surface area contributed by atoms with Gasteiger partial charge in [-0.2, -0.15) is 0 Å². The Labute approximate surface area is 115 Å². The molecular formula is C15H23N3O. The van der Waals surface area contributed by atoms with E-state index < -0.39 is 0 Å². The van der Waals surface area contributed by atoms with Crippen molar-refractivity contribution in [2.45, 2.75) is 31.7 Å². The minimum atomic E-state index is 0.627. The van der Waals surface area contributed by atoms with Crippen molar-refractivity contribution < 1.29 is 4.74 Å². The van der Waals surface area contributed by atoms with Gasteiger partial charge in [0.15, 0.2) is 5.96 Å². The van der Waals surface area contributed by atoms with E-state index in [0.717, 1.165) is 25.1 Å². The standard InChI is InChI=1S/C15H23N3O/c1-18(13-8-9-13)15(16)17-10-4-6-12-5-3-7-14(11-12)19-2/h3,5,7,11,13H,4,6,8-10H2,1-2H3,(H2,16,17). The lowest BCUT2D eigenvalue weighted by atomic mass is 10.1. The largest absolute Gasteiger partial charge is 0.497 e. The van der Waals surface area contributed by atoms with Gasteiger partial charge in [-0.25, -0.2) is 0 Å². The quantitative estimate of drug-likeness (QED) is 0.484. The Balaban J connectivity index is 1.74. The Morgan fingerprint density at radius 1 is 1.47 bits per heavy atom. The van der Waals surface area contributed by atoms with E-state index in [4.69, 9.17) is 10.5 Å². The summed E-state index contributed by atoms with van der Waals surface area (Å²) in [6.45, 7) is 0.778. The van der Waals surface area contributed by atoms with Crippen molar-refractivity contribution >= 4 is 5.96 Å². The van der Waals surface area contributed by atoms with Gasteiger partial charge in [-0.1, -0.05) is 12.1 Å². The van der Waals surface area contributed by atoms with Gasteiger partial charge in [0, 0.05) is 19.6 Å². The van der Waals surface area contributed by atoms with Crippen LogP contribution in [0.15, 0.2) is 29.3 Å². The maximum atomic E-state index is 5.94. The van der Waals surface area contributed by atoms with E-state index in [9.17, 15) is 0 Å². The molecule has 19 heavy (non-hydrogen) atoms. The molecule has 2 rings (SSSR count). The zero-order valence-electron chi connectivity index (χ0n) is 11.8. The van der Waals surface area contributed by atoms with E-state index in [0.29, 0.717) is 12.0 Å². The van der Waals surface area contributed by atoms with Crippen molar-refractivity contribution in [1.82, 2.24) is 4.90 Å². The zero-order valence-corrected chi connectivity index (χ0v) is 11.8. The van der Waals surface area contributed by atoms with E-state index in [2.05, 4.69) is 22.0 Å². The average molecular weight is 261 g/mol. The number of aryl methyl sites for hydroxylation is 1. The number of nitrogens with two attached hydrogens (primary N) is 1. The minimum Gasteiger partial charge on any atom is -0.497 e. The van der Waals surface area contributed by atoms with Gasteiger partial charge in [0.2, 0.25) is 0 Å². The number of nitrogens with zero attached hydrogens (tertiary/aromatic N) is 2. The molecule has 4 nitrogen and oxygen atoms in total. The summed E-state index contributed by atoms with van der Waals surface area (Å²) in [6.07, 6.45) is 4.50. The Kier molecular flexibility index (Phi) is 4.66. The normalized spacial score (nSPS) is 15.4. The summed E-state index contributed by atoms with van der Waals surface area (Å²) in [5.41, 5.74) is 7.22. The fraction of sp³-hybridized carbons (Fsp3) is 0.533. The van der Waals surface area contributed by atoms with Crippen LogP contribution >= 0.6 is 0 Å². The van der Waals surface area contributed by atoms with Crippen LogP contribution < -0.4 is 10.5 Å². The number of hydrogen-bond donors (Lipinski definition) is 1. The third-order valence-corrected chi connectivity index (χ3v) is 3.49. The molecule has 1 aliphatic rings. The van der Waals surface area contributed by atoms with Gasteiger partial charge in [-0.3, -0.25) is 4.99 Å². The van der Waals surface area contributed by atoms with Gasteiger partial charge in [-0.05, 0) is 43.4 Å². The smallest absolute Gasteiger partial charge is 0.191 e. The van der Waals surface area contributed by atoms with Gasteiger partial charge in [0.05, 0.1) is 7.11 Å². The molecule has 1 saturated carbocycles. The number of guanidine groups is 1. The van der Waals surface area contributed by atoms with E-state index in [1.165, 1.54) is 18.4 Å². The topological polar surface area (TPSA) is 50.9 Å². The predicted molar refractivity (Wildman–Crippen MR) is 78.6 cm³/mol. The van der Waals surface area contributed by atoms with Gasteiger partial charge < -0.3 is 15.4 Å². The molecule has 0 spiro atoms. The second-order valence-corrected chi connectivity index (χ2v) is 5.04. The first-order chi connectivity index (χ1) is 9.20. The molecule has 1 aromatic rings. The highest BCUT2D eigenvalue weighted by Gasteiger charge is 2.27. The molecule has 0 atom stereocenters. The first-order valence-electron chi connectivity index (χ1n) is 6.86. The SMILES string of the molecule is COc1cccc(CCCN=C(N)N(C)C2CC2)c1. The molecule has 0 aromatic heterocycles. The van der Waals surface area contributed by atoms with Crippen molar-refractivity contribution in [1.29, 1.82) is 0 Å². The number of ether oxygens (including phenoxy) is 1. The van der Waals surface area contributed by atoms with Gasteiger partial charge >= 0.3 is 0 Å². The maximum Gasteiger partial charge on any atom is 0.191 e. The lowest BCUT2D eigenvalue weighted by Crippen LogP contribution is -2.35. The van der Waals surface area contributed by atoms with Crippen LogP contribution in [0.25, 0.3) is 0 Å². The molecule has 0 unspecified atom stereocenters. The van der Waals surface area contributed by atoms with Crippen LogP contribution in [-0.4, -0.2) is 37.6 Å². The highest BCUT2D eigenvalue weighted by Crippen LogP contribution is 2.24. The zero-order chi connectivity index (χ0) is 13.7. The van der Waals surface area contributed by atoms with Crippen LogP contribution in [0, 0.1) is 0 Å². The van der Waals surface area contributed by atoms with Crippen LogP contribution in [0.1, 0.15) is 24.8 Å². The number of hydrogen-bond acceptors (Lipinski definition) is 2. The summed E-state index contributed by atoms with van der Waals surface area (Å²) in [4.78, 5) is 6.52. The summed E-state index contributed by atoms with van der Waals surface area (Å²) in [7, 11) is 3.72. The summed E-state index contributed by atoms with van der Waals surface area (Å²) < 4.78 is 5.21. The maximum absolute atomic E-state index is 5.94. The Morgan fingerprint density at radius 2 is 2.26 bits per heavy atom. The molecule has 1 fully saturated rings. The van der Waals surface area contributed by atoms with E-state index >= 15 is 0 Å². The number of methoxy groups -OCH3 is 1. The number of aliphatic imine (C=N–C) groups is 1. The molecule has 0 amide bonds. The highest BCUT2D eigenvalue weighted by molar-refractivity contribution is 5.78. The molecule has 0 bridgehead atoms. The Morgan fingerprint density at radius 3 is 2.95 bits per heavy atom. The monoisotopic (exact) mass is 261 g/mol. The summed E-state index contributed by atoms with van der Waals surface area (Å²) >= 11 is 0. The molecule has 1 aliphatic carbocycles. The molecule has 0 radical (unpaired) electrons. The third kappa shape index (κ3) is 4.16. The van der Waals surface area contributed by atoms with E-state index in [1.54, 1.807) is 7.11 Å². The Bertz CT molecular complexity index is 441. The minimum absolute atomic E-state index is 0.627. The average Bonchev–Trinajstić information content (AvgIpc) is 3.27. The number of rotatable bonds is 6. The van der Waals surface area contributed by atoms with E-state index in [-0.39, 0.29) is 0 Å². The predicted octanol–water partition coefficient (Wildman–Crippen LogP) is 2.04. The van der Waals surface area contributed by atoms with Gasteiger partial charge in [-0.15, -0.1) is 0 Å². The van der Waals surface area contributed by atoms with Crippen LogP contribution in [-0.2, 0) is 6.42 Å². The second-order valence-electron chi connectivity index (χ2n) is 5.04. The van der Waals surface area contributed by atoms with Crippen LogP contribution in [0.5, 0.6) is 5.75 Å². The van der Waals surface area contributed by atoms with Gasteiger partial charge in [0.1, 0.15) is 5.75 Å². The third-order valence-electron chi connectivity index (χ3n) is 3.49. The molecule has 1 aromatic carbocycles. The van der Waals surface area contributed by atoms with Crippen molar-refractivity contribution in [3.05, 3.63) is 29.8 Å². The molecule has 2 N–H and O–H groups in total. The molecule has 0 saturated heterocycles. The van der Waals surface area contributed by atoms with Crippen molar-refractivity contribution in [2.24, 2.45) is 10.7 Å². The molecule has 4 heteroatoms. The van der Waals surface area contributed by atoms with Crippen molar-refractivity contribution in [3.8, 4) is 5.75 Å². The molecule has 104 valence electrons. The van der Waals surface area contributed by atoms with E-state index in [1.807, 2.05) is 19.2 Å². The fourth-order valence-electron chi connectivity index (χ4n) is 2.07. The molecule has 0 aliphatic heterocycles. The summed E-state index contributed by atoms with van der Waals surface area (Å²) in [5, 5.41) is 0. The lowest BCUT2D eigenvalue weighted by Gasteiger charge is -2.16. The van der Waals surface area contributed by atoms with Crippen LogP contribution in [0.4, 0.5) is 0 Å². The Hall–Kier alpha value is -1.71. The number of benzene rings is 1. The molecule has 0 heterocycles.